The molecule has 0 aliphatic carbocycles. The van der Waals surface area contributed by atoms with Crippen molar-refractivity contribution in [2.24, 2.45) is 0 Å². The van der Waals surface area contributed by atoms with Crippen LogP contribution in [0, 0.1) is 0 Å². The fourth-order valence-electron chi connectivity index (χ4n) is 1.29. The maximum absolute atomic E-state index is 11.3. The average Bonchev–Trinajstić information content (AvgIpc) is 2.73. The summed E-state index contributed by atoms with van der Waals surface area (Å²) in [5.41, 5.74) is 0.566. The van der Waals surface area contributed by atoms with Crippen molar-refractivity contribution in [2.75, 3.05) is 5.32 Å². The zero-order valence-corrected chi connectivity index (χ0v) is 11.0. The Balaban J connectivity index is 2.25. The number of rotatable bonds is 3. The summed E-state index contributed by atoms with van der Waals surface area (Å²) in [6, 6.07) is 0.293. The van der Waals surface area contributed by atoms with Crippen LogP contribution in [0.3, 0.4) is 0 Å². The van der Waals surface area contributed by atoms with Gasteiger partial charge in [0.2, 0.25) is 0 Å². The van der Waals surface area contributed by atoms with Crippen molar-refractivity contribution in [3.8, 4) is 0 Å². The van der Waals surface area contributed by atoms with Gasteiger partial charge >= 0.3 is 0 Å². The number of halogens is 1. The summed E-state index contributed by atoms with van der Waals surface area (Å²) in [5, 5.41) is 7.22. The zero-order chi connectivity index (χ0) is 12.4. The summed E-state index contributed by atoms with van der Waals surface area (Å²) in [5.74, 6) is 0.469. The van der Waals surface area contributed by atoms with Crippen molar-refractivity contribution in [3.63, 3.8) is 0 Å². The van der Waals surface area contributed by atoms with Gasteiger partial charge in [0.25, 0.3) is 5.56 Å². The van der Waals surface area contributed by atoms with Gasteiger partial charge in [-0.05, 0) is 29.8 Å². The number of nitrogens with zero attached hydrogens (tertiary/aromatic N) is 3. The van der Waals surface area contributed by atoms with Crippen molar-refractivity contribution >= 4 is 27.4 Å². The van der Waals surface area contributed by atoms with E-state index in [-0.39, 0.29) is 5.56 Å². The largest absolute Gasteiger partial charge is 0.337 e. The number of anilines is 2. The molecule has 0 saturated heterocycles. The van der Waals surface area contributed by atoms with E-state index in [4.69, 9.17) is 0 Å². The van der Waals surface area contributed by atoms with E-state index < -0.39 is 0 Å². The van der Waals surface area contributed by atoms with Crippen LogP contribution >= 0.6 is 15.9 Å². The van der Waals surface area contributed by atoms with Crippen LogP contribution < -0.4 is 10.9 Å². The molecule has 2 rings (SSSR count). The van der Waals surface area contributed by atoms with Gasteiger partial charge in [-0.25, -0.2) is 4.98 Å². The molecule has 2 heterocycles. The number of hydrogen-bond donors (Lipinski definition) is 2. The van der Waals surface area contributed by atoms with Crippen molar-refractivity contribution in [2.45, 2.75) is 19.9 Å². The average molecular weight is 298 g/mol. The second kappa shape index (κ2) is 4.70. The lowest BCUT2D eigenvalue weighted by Crippen LogP contribution is -2.09. The Labute approximate surface area is 106 Å². The van der Waals surface area contributed by atoms with Crippen LogP contribution in [-0.2, 0) is 0 Å². The van der Waals surface area contributed by atoms with Gasteiger partial charge in [0.15, 0.2) is 5.82 Å². The Morgan fingerprint density at radius 3 is 2.94 bits per heavy atom. The van der Waals surface area contributed by atoms with Crippen molar-refractivity contribution in [3.05, 3.63) is 33.5 Å². The summed E-state index contributed by atoms with van der Waals surface area (Å²) in [6.45, 7) is 4.08. The Bertz CT molecular complexity index is 574. The second-order valence-electron chi connectivity index (χ2n) is 3.82. The molecule has 0 bridgehead atoms. The Morgan fingerprint density at radius 1 is 1.53 bits per heavy atom. The second-order valence-corrected chi connectivity index (χ2v) is 4.62. The van der Waals surface area contributed by atoms with E-state index in [1.165, 1.54) is 6.33 Å². The molecule has 0 atom stereocenters. The van der Waals surface area contributed by atoms with Crippen molar-refractivity contribution in [1.29, 1.82) is 0 Å². The van der Waals surface area contributed by atoms with E-state index in [9.17, 15) is 4.79 Å². The smallest absolute Gasteiger partial charge is 0.267 e. The molecule has 90 valence electrons. The SMILES string of the molecule is CC(C)n1cc(Nc2nc[nH]c(=O)c2Br)cn1. The molecule has 0 saturated carbocycles. The highest BCUT2D eigenvalue weighted by Crippen LogP contribution is 2.19. The molecule has 0 aromatic carbocycles. The monoisotopic (exact) mass is 297 g/mol. The number of aromatic nitrogens is 4. The fourth-order valence-corrected chi connectivity index (χ4v) is 1.61. The molecule has 0 aliphatic heterocycles. The van der Waals surface area contributed by atoms with E-state index in [1.807, 2.05) is 24.7 Å². The van der Waals surface area contributed by atoms with Gasteiger partial charge in [0, 0.05) is 12.2 Å². The molecule has 2 N–H and O–H groups in total. The van der Waals surface area contributed by atoms with Crippen LogP contribution in [0.2, 0.25) is 0 Å². The molecule has 7 heteroatoms. The van der Waals surface area contributed by atoms with E-state index >= 15 is 0 Å². The molecule has 0 fully saturated rings. The minimum atomic E-state index is -0.223. The van der Waals surface area contributed by atoms with Gasteiger partial charge in [-0.2, -0.15) is 5.10 Å². The summed E-state index contributed by atoms with van der Waals surface area (Å²) in [4.78, 5) is 17.9. The van der Waals surface area contributed by atoms with Gasteiger partial charge in [-0.3, -0.25) is 9.48 Å². The quantitative estimate of drug-likeness (QED) is 0.909. The topological polar surface area (TPSA) is 75.6 Å². The number of H-pyrrole nitrogens is 1. The molecule has 6 nitrogen and oxygen atoms in total. The number of nitrogens with one attached hydrogen (secondary N) is 2. The number of aromatic amines is 1. The highest BCUT2D eigenvalue weighted by atomic mass is 79.9. The molecule has 0 amide bonds. The first-order valence-electron chi connectivity index (χ1n) is 5.12. The van der Waals surface area contributed by atoms with Crippen LogP contribution in [0.5, 0.6) is 0 Å². The van der Waals surface area contributed by atoms with Crippen LogP contribution in [0.25, 0.3) is 0 Å². The molecule has 17 heavy (non-hydrogen) atoms. The minimum absolute atomic E-state index is 0.223. The van der Waals surface area contributed by atoms with Crippen LogP contribution in [-0.4, -0.2) is 19.7 Å². The molecule has 0 aliphatic rings. The summed E-state index contributed by atoms with van der Waals surface area (Å²) in [7, 11) is 0. The highest BCUT2D eigenvalue weighted by molar-refractivity contribution is 9.10. The van der Waals surface area contributed by atoms with Crippen LogP contribution in [0.4, 0.5) is 11.5 Å². The lowest BCUT2D eigenvalue weighted by molar-refractivity contribution is 0.532. The fraction of sp³-hybridized carbons (Fsp3) is 0.300. The molecular formula is C10H12BrN5O. The lowest BCUT2D eigenvalue weighted by Gasteiger charge is -2.04. The third-order valence-electron chi connectivity index (χ3n) is 2.19. The van der Waals surface area contributed by atoms with E-state index in [2.05, 4.69) is 36.3 Å². The lowest BCUT2D eigenvalue weighted by atomic mass is 10.4. The van der Waals surface area contributed by atoms with E-state index in [1.54, 1.807) is 6.20 Å². The first kappa shape index (κ1) is 11.8. The normalized spacial score (nSPS) is 10.8. The summed E-state index contributed by atoms with van der Waals surface area (Å²) in [6.07, 6.45) is 4.90. The number of hydrogen-bond acceptors (Lipinski definition) is 4. The van der Waals surface area contributed by atoms with Gasteiger partial charge in [0.05, 0.1) is 18.2 Å². The first-order chi connectivity index (χ1) is 8.08. The first-order valence-corrected chi connectivity index (χ1v) is 5.91. The maximum atomic E-state index is 11.3. The zero-order valence-electron chi connectivity index (χ0n) is 9.44. The van der Waals surface area contributed by atoms with E-state index in [0.29, 0.717) is 16.3 Å². The Hall–Kier alpha value is -1.63. The van der Waals surface area contributed by atoms with Crippen LogP contribution in [0.1, 0.15) is 19.9 Å². The molecule has 0 spiro atoms. The summed E-state index contributed by atoms with van der Waals surface area (Å²) >= 11 is 3.18. The highest BCUT2D eigenvalue weighted by Gasteiger charge is 2.07. The van der Waals surface area contributed by atoms with Gasteiger partial charge in [0.1, 0.15) is 4.47 Å². The predicted octanol–water partition coefficient (Wildman–Crippen LogP) is 2.05. The third kappa shape index (κ3) is 2.55. The van der Waals surface area contributed by atoms with Gasteiger partial charge in [-0.15, -0.1) is 0 Å². The third-order valence-corrected chi connectivity index (χ3v) is 2.93. The van der Waals surface area contributed by atoms with Crippen LogP contribution in [0.15, 0.2) is 28.0 Å². The molecule has 0 unspecified atom stereocenters. The predicted molar refractivity (Wildman–Crippen MR) is 68.5 cm³/mol. The standard InChI is InChI=1S/C10H12BrN5O/c1-6(2)16-4-7(3-14-16)15-9-8(11)10(17)13-5-12-9/h3-6H,1-2H3,(H2,12,13,15,17). The van der Waals surface area contributed by atoms with E-state index in [0.717, 1.165) is 5.69 Å². The molecule has 2 aromatic heterocycles. The minimum Gasteiger partial charge on any atom is -0.337 e. The Morgan fingerprint density at radius 2 is 2.29 bits per heavy atom. The molecule has 2 aromatic rings. The summed E-state index contributed by atoms with van der Waals surface area (Å²) < 4.78 is 2.20. The maximum Gasteiger partial charge on any atom is 0.267 e. The Kier molecular flexibility index (Phi) is 3.28. The molecule has 0 radical (unpaired) electrons. The van der Waals surface area contributed by atoms with Crippen molar-refractivity contribution < 1.29 is 0 Å². The molecular weight excluding hydrogens is 286 g/mol. The van der Waals surface area contributed by atoms with Gasteiger partial charge < -0.3 is 10.3 Å². The van der Waals surface area contributed by atoms with Gasteiger partial charge in [-0.1, -0.05) is 0 Å². The van der Waals surface area contributed by atoms with Crippen molar-refractivity contribution in [1.82, 2.24) is 19.7 Å².